The van der Waals surface area contributed by atoms with Crippen molar-refractivity contribution >= 4 is 46.5 Å². The molecule has 188 valence electrons. The Morgan fingerprint density at radius 3 is 2.56 bits per heavy atom. The first-order chi connectivity index (χ1) is 17.3. The number of nitrogens with one attached hydrogen (secondary N) is 2. The lowest BCUT2D eigenvalue weighted by atomic mass is 10.1. The molecule has 0 radical (unpaired) electrons. The number of benzene rings is 2. The zero-order valence-electron chi connectivity index (χ0n) is 19.1. The molecule has 0 bridgehead atoms. The van der Waals surface area contributed by atoms with Crippen LogP contribution in [0.1, 0.15) is 26.4 Å². The number of halogens is 3. The molecule has 1 aromatic heterocycles. The molecule has 1 saturated heterocycles. The number of nitrogen functional groups attached to an aromatic ring is 1. The Morgan fingerprint density at radius 2 is 1.83 bits per heavy atom. The highest BCUT2D eigenvalue weighted by molar-refractivity contribution is 6.36. The second-order valence-corrected chi connectivity index (χ2v) is 8.76. The van der Waals surface area contributed by atoms with Gasteiger partial charge in [0, 0.05) is 54.9 Å². The summed E-state index contributed by atoms with van der Waals surface area (Å²) in [5.74, 6) is -1.05. The Labute approximate surface area is 216 Å². The molecule has 9 nitrogen and oxygen atoms in total. The molecule has 0 atom stereocenters. The highest BCUT2D eigenvalue weighted by Gasteiger charge is 2.18. The van der Waals surface area contributed by atoms with Gasteiger partial charge in [-0.2, -0.15) is 0 Å². The molecule has 0 spiro atoms. The molecule has 4 N–H and O–H groups in total. The van der Waals surface area contributed by atoms with Crippen LogP contribution < -0.4 is 21.1 Å². The molecule has 12 heteroatoms. The highest BCUT2D eigenvalue weighted by Crippen LogP contribution is 2.28. The van der Waals surface area contributed by atoms with Crippen molar-refractivity contribution < 1.29 is 18.7 Å². The summed E-state index contributed by atoms with van der Waals surface area (Å²) < 4.78 is 19.3. The third-order valence-electron chi connectivity index (χ3n) is 5.56. The summed E-state index contributed by atoms with van der Waals surface area (Å²) in [5.41, 5.74) is 7.22. The van der Waals surface area contributed by atoms with E-state index in [1.54, 1.807) is 29.2 Å². The number of amides is 2. The summed E-state index contributed by atoms with van der Waals surface area (Å²) >= 11 is 12.1. The second kappa shape index (κ2) is 11.5. The van der Waals surface area contributed by atoms with Gasteiger partial charge in [0.25, 0.3) is 11.8 Å². The zero-order valence-corrected chi connectivity index (χ0v) is 20.6. The van der Waals surface area contributed by atoms with Crippen molar-refractivity contribution in [2.24, 2.45) is 0 Å². The Bertz CT molecular complexity index is 1270. The number of nitrogens with two attached hydrogens (primary N) is 1. The minimum absolute atomic E-state index is 0.0150. The maximum Gasteiger partial charge on any atom is 0.276 e. The van der Waals surface area contributed by atoms with E-state index in [2.05, 4.69) is 20.8 Å². The predicted octanol–water partition coefficient (Wildman–Crippen LogP) is 3.42. The van der Waals surface area contributed by atoms with Crippen LogP contribution >= 0.6 is 23.2 Å². The summed E-state index contributed by atoms with van der Waals surface area (Å²) in [6.45, 7) is 2.89. The average molecular weight is 533 g/mol. The number of anilines is 2. The van der Waals surface area contributed by atoms with E-state index in [0.29, 0.717) is 34.9 Å². The molecule has 4 rings (SSSR count). The van der Waals surface area contributed by atoms with Crippen molar-refractivity contribution in [1.82, 2.24) is 20.4 Å². The van der Waals surface area contributed by atoms with Gasteiger partial charge in [-0.25, -0.2) is 4.39 Å². The number of piperazine rings is 1. The molecule has 36 heavy (non-hydrogen) atoms. The number of aromatic nitrogens is 2. The van der Waals surface area contributed by atoms with Crippen molar-refractivity contribution in [3.63, 3.8) is 0 Å². The van der Waals surface area contributed by atoms with Crippen LogP contribution in [-0.4, -0.2) is 59.7 Å². The predicted molar refractivity (Wildman–Crippen MR) is 135 cm³/mol. The van der Waals surface area contributed by atoms with E-state index in [9.17, 15) is 14.0 Å². The Hall–Kier alpha value is -3.47. The van der Waals surface area contributed by atoms with E-state index in [0.717, 1.165) is 13.1 Å². The Kier molecular flexibility index (Phi) is 8.19. The van der Waals surface area contributed by atoms with Gasteiger partial charge >= 0.3 is 0 Å². The van der Waals surface area contributed by atoms with Crippen molar-refractivity contribution in [3.8, 4) is 5.75 Å². The van der Waals surface area contributed by atoms with Gasteiger partial charge in [-0.05, 0) is 42.0 Å². The summed E-state index contributed by atoms with van der Waals surface area (Å²) in [4.78, 5) is 27.1. The largest absolute Gasteiger partial charge is 0.489 e. The van der Waals surface area contributed by atoms with E-state index in [-0.39, 0.29) is 41.2 Å². The van der Waals surface area contributed by atoms with Crippen LogP contribution in [0.3, 0.4) is 0 Å². The Morgan fingerprint density at radius 1 is 1.11 bits per heavy atom. The standard InChI is InChI=1S/C24H23Cl2FN6O3/c25-17-5-6-18(27)21(26)16(17)7-12-36-20-13-19(31-32-22(20)28)23(34)30-15-3-1-14(2-4-15)24(35)33-10-8-29-9-11-33/h1-6,13,29H,7-12H2,(H2,28,32)(H,30,34). The quantitative estimate of drug-likeness (QED) is 0.398. The monoisotopic (exact) mass is 532 g/mol. The fourth-order valence-electron chi connectivity index (χ4n) is 3.61. The van der Waals surface area contributed by atoms with Gasteiger partial charge in [0.05, 0.1) is 11.6 Å². The molecule has 2 amide bonds. The number of ether oxygens (including phenoxy) is 1. The minimum Gasteiger partial charge on any atom is -0.489 e. The summed E-state index contributed by atoms with van der Waals surface area (Å²) in [6.07, 6.45) is 0.206. The fourth-order valence-corrected chi connectivity index (χ4v) is 4.17. The first kappa shape index (κ1) is 25.6. The van der Waals surface area contributed by atoms with Gasteiger partial charge in [-0.1, -0.05) is 23.2 Å². The van der Waals surface area contributed by atoms with E-state index in [1.807, 2.05) is 0 Å². The zero-order chi connectivity index (χ0) is 25.7. The molecule has 1 aliphatic rings. The number of hydrogen-bond donors (Lipinski definition) is 3. The topological polar surface area (TPSA) is 122 Å². The number of nitrogens with zero attached hydrogens (tertiary/aromatic N) is 3. The van der Waals surface area contributed by atoms with Crippen molar-refractivity contribution in [2.75, 3.05) is 43.8 Å². The SMILES string of the molecule is Nc1nnc(C(=O)Nc2ccc(C(=O)N3CCNCC3)cc2)cc1OCCc1c(Cl)ccc(F)c1Cl. The molecular weight excluding hydrogens is 510 g/mol. The van der Waals surface area contributed by atoms with E-state index < -0.39 is 11.7 Å². The van der Waals surface area contributed by atoms with Crippen LogP contribution in [0.2, 0.25) is 10.0 Å². The van der Waals surface area contributed by atoms with Crippen LogP contribution in [0.15, 0.2) is 42.5 Å². The first-order valence-corrected chi connectivity index (χ1v) is 11.9. The van der Waals surface area contributed by atoms with Gasteiger partial charge in [0.1, 0.15) is 5.82 Å². The molecule has 1 fully saturated rings. The van der Waals surface area contributed by atoms with Crippen LogP contribution in [0.4, 0.5) is 15.9 Å². The van der Waals surface area contributed by atoms with Crippen molar-refractivity contribution in [2.45, 2.75) is 6.42 Å². The van der Waals surface area contributed by atoms with Crippen molar-refractivity contribution in [1.29, 1.82) is 0 Å². The van der Waals surface area contributed by atoms with E-state index >= 15 is 0 Å². The van der Waals surface area contributed by atoms with Crippen LogP contribution in [0.5, 0.6) is 5.75 Å². The first-order valence-electron chi connectivity index (χ1n) is 11.1. The molecular formula is C24H23Cl2FN6O3. The maximum absolute atomic E-state index is 13.7. The fraction of sp³-hybridized carbons (Fsp3) is 0.250. The maximum atomic E-state index is 13.7. The van der Waals surface area contributed by atoms with Gasteiger partial charge < -0.3 is 26.0 Å². The number of carbonyl (C=O) groups is 2. The van der Waals surface area contributed by atoms with Crippen LogP contribution in [-0.2, 0) is 6.42 Å². The van der Waals surface area contributed by atoms with Gasteiger partial charge in [0.15, 0.2) is 17.3 Å². The molecule has 1 aliphatic heterocycles. The molecule has 0 saturated carbocycles. The Balaban J connectivity index is 1.37. The lowest BCUT2D eigenvalue weighted by Gasteiger charge is -2.27. The second-order valence-electron chi connectivity index (χ2n) is 7.97. The normalized spacial score (nSPS) is 13.4. The summed E-state index contributed by atoms with van der Waals surface area (Å²) in [5, 5.41) is 13.7. The number of rotatable bonds is 7. The third-order valence-corrected chi connectivity index (χ3v) is 6.32. The van der Waals surface area contributed by atoms with Gasteiger partial charge in [0.2, 0.25) is 0 Å². The van der Waals surface area contributed by atoms with Gasteiger partial charge in [-0.15, -0.1) is 10.2 Å². The number of carbonyl (C=O) groups excluding carboxylic acids is 2. The van der Waals surface area contributed by atoms with Crippen LogP contribution in [0.25, 0.3) is 0 Å². The van der Waals surface area contributed by atoms with Gasteiger partial charge in [-0.3, -0.25) is 9.59 Å². The lowest BCUT2D eigenvalue weighted by molar-refractivity contribution is 0.0735. The molecule has 0 aliphatic carbocycles. The number of hydrogen-bond acceptors (Lipinski definition) is 7. The molecule has 0 unspecified atom stereocenters. The molecule has 2 aromatic carbocycles. The van der Waals surface area contributed by atoms with E-state index in [4.69, 9.17) is 33.7 Å². The van der Waals surface area contributed by atoms with Crippen molar-refractivity contribution in [3.05, 3.63) is 75.1 Å². The smallest absolute Gasteiger partial charge is 0.276 e. The summed E-state index contributed by atoms with van der Waals surface area (Å²) in [6, 6.07) is 10.6. The van der Waals surface area contributed by atoms with Crippen LogP contribution in [0, 0.1) is 5.82 Å². The minimum atomic E-state index is -0.582. The summed E-state index contributed by atoms with van der Waals surface area (Å²) in [7, 11) is 0. The highest BCUT2D eigenvalue weighted by atomic mass is 35.5. The van der Waals surface area contributed by atoms with E-state index in [1.165, 1.54) is 18.2 Å². The lowest BCUT2D eigenvalue weighted by Crippen LogP contribution is -2.46. The molecule has 3 aromatic rings. The third kappa shape index (κ3) is 6.01. The average Bonchev–Trinajstić information content (AvgIpc) is 2.90. The molecule has 2 heterocycles.